The SMILES string of the molecule is C=CC[C@]12CCC(=O)[C@@]1(C)CC[C@@H]1c3ccc(OC)cc3CC[C@H]12. The number of ether oxygens (including phenoxy) is 1. The standard InChI is InChI=1S/C22H28O2/c1-4-11-22-13-10-20(23)21(22,2)12-9-18-17-7-6-16(24-3)14-15(17)5-8-19(18)22/h4,6-7,14,18-19H,1,5,8-13H2,2-3H3/t18-,19-,21-,22-/m1/s1. The highest BCUT2D eigenvalue weighted by Gasteiger charge is 2.63. The molecule has 3 aliphatic rings. The fourth-order valence-electron chi connectivity index (χ4n) is 6.36. The number of carbonyl (C=O) groups excluding carboxylic acids is 1. The minimum atomic E-state index is -0.133. The van der Waals surface area contributed by atoms with Crippen molar-refractivity contribution >= 4 is 5.78 Å². The van der Waals surface area contributed by atoms with Gasteiger partial charge in [0.05, 0.1) is 7.11 Å². The Balaban J connectivity index is 1.78. The summed E-state index contributed by atoms with van der Waals surface area (Å²) in [6.45, 7) is 6.30. The summed E-state index contributed by atoms with van der Waals surface area (Å²) in [5, 5.41) is 0. The van der Waals surface area contributed by atoms with E-state index in [-0.39, 0.29) is 10.8 Å². The molecule has 0 amide bonds. The molecule has 2 fully saturated rings. The van der Waals surface area contributed by atoms with Crippen molar-refractivity contribution in [2.75, 3.05) is 7.11 Å². The Hall–Kier alpha value is -1.57. The predicted molar refractivity (Wildman–Crippen MR) is 96.4 cm³/mol. The maximum atomic E-state index is 12.8. The van der Waals surface area contributed by atoms with Crippen LogP contribution in [0.2, 0.25) is 0 Å². The molecule has 1 aromatic carbocycles. The van der Waals surface area contributed by atoms with Gasteiger partial charge in [0.15, 0.2) is 0 Å². The zero-order chi connectivity index (χ0) is 16.9. The maximum Gasteiger partial charge on any atom is 0.139 e. The molecule has 4 atom stereocenters. The van der Waals surface area contributed by atoms with Crippen LogP contribution in [-0.4, -0.2) is 12.9 Å². The number of ketones is 1. The number of carbonyl (C=O) groups is 1. The van der Waals surface area contributed by atoms with Gasteiger partial charge in [-0.05, 0) is 79.0 Å². The lowest BCUT2D eigenvalue weighted by Crippen LogP contribution is -2.51. The summed E-state index contributed by atoms with van der Waals surface area (Å²) < 4.78 is 5.42. The third kappa shape index (κ3) is 1.92. The molecule has 0 N–H and O–H groups in total. The Labute approximate surface area is 145 Å². The van der Waals surface area contributed by atoms with Crippen LogP contribution in [0.4, 0.5) is 0 Å². The van der Waals surface area contributed by atoms with E-state index in [1.54, 1.807) is 7.11 Å². The number of methoxy groups -OCH3 is 1. The van der Waals surface area contributed by atoms with Crippen molar-refractivity contribution in [2.24, 2.45) is 16.7 Å². The molecule has 24 heavy (non-hydrogen) atoms. The highest BCUT2D eigenvalue weighted by molar-refractivity contribution is 5.88. The van der Waals surface area contributed by atoms with E-state index in [4.69, 9.17) is 4.74 Å². The van der Waals surface area contributed by atoms with Gasteiger partial charge in [-0.15, -0.1) is 6.58 Å². The van der Waals surface area contributed by atoms with E-state index < -0.39 is 0 Å². The summed E-state index contributed by atoms with van der Waals surface area (Å²) in [5.74, 6) is 2.67. The molecule has 128 valence electrons. The third-order valence-electron chi connectivity index (χ3n) is 7.65. The van der Waals surface area contributed by atoms with E-state index in [1.807, 2.05) is 0 Å². The molecular formula is C22H28O2. The van der Waals surface area contributed by atoms with Crippen LogP contribution in [0.1, 0.15) is 62.5 Å². The molecule has 0 bridgehead atoms. The molecule has 1 aromatic rings. The lowest BCUT2D eigenvalue weighted by Gasteiger charge is -2.56. The summed E-state index contributed by atoms with van der Waals surface area (Å²) in [5.41, 5.74) is 2.97. The van der Waals surface area contributed by atoms with Crippen molar-refractivity contribution in [3.8, 4) is 5.75 Å². The molecule has 0 aromatic heterocycles. The summed E-state index contributed by atoms with van der Waals surface area (Å²) >= 11 is 0. The fraction of sp³-hybridized carbons (Fsp3) is 0.591. The van der Waals surface area contributed by atoms with Crippen molar-refractivity contribution in [3.63, 3.8) is 0 Å². The molecule has 0 radical (unpaired) electrons. The fourth-order valence-corrected chi connectivity index (χ4v) is 6.36. The van der Waals surface area contributed by atoms with Gasteiger partial charge in [-0.2, -0.15) is 0 Å². The first-order chi connectivity index (χ1) is 11.6. The van der Waals surface area contributed by atoms with Crippen molar-refractivity contribution < 1.29 is 9.53 Å². The lowest BCUT2D eigenvalue weighted by molar-refractivity contribution is -0.136. The van der Waals surface area contributed by atoms with Gasteiger partial charge in [-0.1, -0.05) is 19.1 Å². The van der Waals surface area contributed by atoms with Crippen LogP contribution in [0.15, 0.2) is 30.9 Å². The zero-order valence-corrected chi connectivity index (χ0v) is 14.9. The Morgan fingerprint density at radius 1 is 1.29 bits per heavy atom. The van der Waals surface area contributed by atoms with E-state index in [1.165, 1.54) is 17.5 Å². The van der Waals surface area contributed by atoms with E-state index in [2.05, 4.69) is 37.8 Å². The first-order valence-electron chi connectivity index (χ1n) is 9.37. The van der Waals surface area contributed by atoms with Gasteiger partial charge in [0.2, 0.25) is 0 Å². The van der Waals surface area contributed by atoms with Gasteiger partial charge >= 0.3 is 0 Å². The molecule has 4 rings (SSSR count). The maximum absolute atomic E-state index is 12.8. The van der Waals surface area contributed by atoms with Gasteiger partial charge in [-0.3, -0.25) is 4.79 Å². The normalized spacial score (nSPS) is 37.3. The summed E-state index contributed by atoms with van der Waals surface area (Å²) in [4.78, 5) is 12.8. The van der Waals surface area contributed by atoms with E-state index in [9.17, 15) is 4.79 Å². The Bertz CT molecular complexity index is 691. The number of rotatable bonds is 3. The average molecular weight is 324 g/mol. The van der Waals surface area contributed by atoms with Gasteiger partial charge in [-0.25, -0.2) is 0 Å². The molecule has 3 aliphatic carbocycles. The molecular weight excluding hydrogens is 296 g/mol. The lowest BCUT2D eigenvalue weighted by atomic mass is 9.46. The molecule has 2 heteroatoms. The number of fused-ring (bicyclic) bond motifs is 5. The molecule has 0 unspecified atom stereocenters. The van der Waals surface area contributed by atoms with Crippen molar-refractivity contribution in [1.29, 1.82) is 0 Å². The zero-order valence-electron chi connectivity index (χ0n) is 14.9. The highest BCUT2D eigenvalue weighted by Crippen LogP contribution is 2.68. The predicted octanol–water partition coefficient (Wildman–Crippen LogP) is 5.07. The minimum absolute atomic E-state index is 0.131. The van der Waals surface area contributed by atoms with Crippen molar-refractivity contribution in [1.82, 2.24) is 0 Å². The van der Waals surface area contributed by atoms with Gasteiger partial charge in [0.1, 0.15) is 11.5 Å². The molecule has 2 nitrogen and oxygen atoms in total. The largest absolute Gasteiger partial charge is 0.497 e. The number of Topliss-reactive ketones (excluding diaryl/α,β-unsaturated/α-hetero) is 1. The molecule has 0 heterocycles. The summed E-state index contributed by atoms with van der Waals surface area (Å²) in [6.07, 6.45) is 9.37. The van der Waals surface area contributed by atoms with E-state index in [0.717, 1.165) is 44.3 Å². The number of hydrogen-bond acceptors (Lipinski definition) is 2. The average Bonchev–Trinajstić information content (AvgIpc) is 2.86. The molecule has 0 saturated heterocycles. The first-order valence-corrected chi connectivity index (χ1v) is 9.37. The highest BCUT2D eigenvalue weighted by atomic mass is 16.5. The van der Waals surface area contributed by atoms with Crippen LogP contribution in [0.25, 0.3) is 0 Å². The minimum Gasteiger partial charge on any atom is -0.497 e. The Morgan fingerprint density at radius 2 is 2.12 bits per heavy atom. The second-order valence-electron chi connectivity index (χ2n) is 8.26. The smallest absolute Gasteiger partial charge is 0.139 e. The monoisotopic (exact) mass is 324 g/mol. The van der Waals surface area contributed by atoms with Gasteiger partial charge < -0.3 is 4.74 Å². The summed E-state index contributed by atoms with van der Waals surface area (Å²) in [6, 6.07) is 6.61. The number of benzene rings is 1. The topological polar surface area (TPSA) is 26.3 Å². The van der Waals surface area contributed by atoms with Crippen molar-refractivity contribution in [3.05, 3.63) is 42.0 Å². The number of allylic oxidation sites excluding steroid dienone is 1. The Morgan fingerprint density at radius 3 is 2.88 bits per heavy atom. The second-order valence-corrected chi connectivity index (χ2v) is 8.26. The van der Waals surface area contributed by atoms with Crippen LogP contribution in [0.5, 0.6) is 5.75 Å². The second kappa shape index (κ2) is 5.47. The number of aryl methyl sites for hydroxylation is 1. The van der Waals surface area contributed by atoms with Gasteiger partial charge in [0, 0.05) is 11.8 Å². The molecule has 2 saturated carbocycles. The van der Waals surface area contributed by atoms with E-state index >= 15 is 0 Å². The number of hydrogen-bond donors (Lipinski definition) is 0. The third-order valence-corrected chi connectivity index (χ3v) is 7.65. The summed E-state index contributed by atoms with van der Waals surface area (Å²) in [7, 11) is 1.74. The van der Waals surface area contributed by atoms with Crippen LogP contribution < -0.4 is 4.74 Å². The van der Waals surface area contributed by atoms with Gasteiger partial charge in [0.25, 0.3) is 0 Å². The molecule has 0 spiro atoms. The van der Waals surface area contributed by atoms with Crippen LogP contribution in [0.3, 0.4) is 0 Å². The Kier molecular flexibility index (Phi) is 3.63. The van der Waals surface area contributed by atoms with E-state index in [0.29, 0.717) is 17.6 Å². The van der Waals surface area contributed by atoms with Crippen LogP contribution >= 0.6 is 0 Å². The quantitative estimate of drug-likeness (QED) is 0.726. The van der Waals surface area contributed by atoms with Crippen molar-refractivity contribution in [2.45, 2.75) is 57.8 Å². The molecule has 0 aliphatic heterocycles. The van der Waals surface area contributed by atoms with Crippen LogP contribution in [0, 0.1) is 16.7 Å². The van der Waals surface area contributed by atoms with Crippen LogP contribution in [-0.2, 0) is 11.2 Å². The first kappa shape index (κ1) is 15.9.